The maximum atomic E-state index is 12.6. The van der Waals surface area contributed by atoms with Gasteiger partial charge in [-0.1, -0.05) is 70.4 Å². The summed E-state index contributed by atoms with van der Waals surface area (Å²) in [5, 5.41) is 26.7. The van der Waals surface area contributed by atoms with Crippen LogP contribution in [0.1, 0.15) is 88.2 Å². The fraction of sp³-hybridized carbons (Fsp3) is 0.594. The highest BCUT2D eigenvalue weighted by atomic mass is 28.4. The Morgan fingerprint density at radius 3 is 2.44 bits per heavy atom. The highest BCUT2D eigenvalue weighted by Gasteiger charge is 2.39. The maximum absolute atomic E-state index is 12.6. The molecule has 0 spiro atoms. The van der Waals surface area contributed by atoms with Gasteiger partial charge in [-0.3, -0.25) is 4.79 Å². The van der Waals surface area contributed by atoms with E-state index in [1.807, 2.05) is 24.3 Å². The number of hydrogen-bond acceptors (Lipinski definition) is 5. The van der Waals surface area contributed by atoms with Gasteiger partial charge >= 0.3 is 0 Å². The minimum absolute atomic E-state index is 0.0529. The van der Waals surface area contributed by atoms with Crippen molar-refractivity contribution in [2.24, 2.45) is 0 Å². The third kappa shape index (κ3) is 9.45. The number of amides is 1. The van der Waals surface area contributed by atoms with Crippen LogP contribution >= 0.6 is 0 Å². The SMILES string of the molecule is C[C@H](Cc1cccc(CC(=O)NC2CCCCC2)c1)NC[C@H](O[Si](C)(C)C(C)(C)C)c1ccc(O)c(CO)c1. The van der Waals surface area contributed by atoms with Gasteiger partial charge in [0.2, 0.25) is 5.91 Å². The summed E-state index contributed by atoms with van der Waals surface area (Å²) in [4.78, 5) is 12.6. The highest BCUT2D eigenvalue weighted by Crippen LogP contribution is 2.40. The molecule has 1 saturated carbocycles. The minimum atomic E-state index is -2.08. The topological polar surface area (TPSA) is 90.8 Å². The predicted octanol–water partition coefficient (Wildman–Crippen LogP) is 6.16. The van der Waals surface area contributed by atoms with Crippen LogP contribution in [0.2, 0.25) is 18.1 Å². The van der Waals surface area contributed by atoms with Gasteiger partial charge in [0, 0.05) is 24.2 Å². The Balaban J connectivity index is 1.63. The number of phenols is 1. The first kappa shape index (κ1) is 31.3. The number of aliphatic hydroxyl groups excluding tert-OH is 1. The Bertz CT molecular complexity index is 1080. The van der Waals surface area contributed by atoms with Crippen LogP contribution < -0.4 is 10.6 Å². The number of aromatic hydroxyl groups is 1. The van der Waals surface area contributed by atoms with Crippen molar-refractivity contribution < 1.29 is 19.4 Å². The van der Waals surface area contributed by atoms with E-state index in [0.717, 1.165) is 30.4 Å². The number of hydrogen-bond donors (Lipinski definition) is 4. The number of aliphatic hydroxyl groups is 1. The standard InChI is InChI=1S/C32H50N2O4Si/c1-23(17-24-11-10-12-25(18-24)19-31(37)34-28-13-8-7-9-14-28)33-21-30(38-39(5,6)32(2,3)4)26-15-16-29(36)27(20-26)22-35/h10-12,15-16,18,20,23,28,30,33,35-36H,7-9,13-14,17,19,21-22H2,1-6H3,(H,34,37)/t23-,30+/m1/s1. The molecule has 39 heavy (non-hydrogen) atoms. The number of rotatable bonds is 12. The van der Waals surface area contributed by atoms with Gasteiger partial charge in [-0.25, -0.2) is 0 Å². The fourth-order valence-corrected chi connectivity index (χ4v) is 6.29. The minimum Gasteiger partial charge on any atom is -0.508 e. The molecule has 0 aliphatic heterocycles. The van der Waals surface area contributed by atoms with Crippen molar-refractivity contribution in [3.8, 4) is 5.75 Å². The Morgan fingerprint density at radius 1 is 1.08 bits per heavy atom. The third-order valence-electron chi connectivity index (χ3n) is 8.41. The second-order valence-corrected chi connectivity index (χ2v) is 17.6. The molecule has 2 aromatic rings. The van der Waals surface area contributed by atoms with Crippen LogP contribution in [0.3, 0.4) is 0 Å². The summed E-state index contributed by atoms with van der Waals surface area (Å²) in [6.45, 7) is 13.7. The van der Waals surface area contributed by atoms with Gasteiger partial charge in [0.25, 0.3) is 0 Å². The van der Waals surface area contributed by atoms with Gasteiger partial charge in [0.15, 0.2) is 8.32 Å². The quantitative estimate of drug-likeness (QED) is 0.236. The summed E-state index contributed by atoms with van der Waals surface area (Å²) in [6.07, 6.45) is 6.95. The molecule has 0 saturated heterocycles. The van der Waals surface area contributed by atoms with E-state index in [4.69, 9.17) is 4.43 Å². The van der Waals surface area contributed by atoms with Gasteiger partial charge in [-0.15, -0.1) is 0 Å². The molecule has 1 aliphatic rings. The molecule has 2 aromatic carbocycles. The summed E-state index contributed by atoms with van der Waals surface area (Å²) in [5.41, 5.74) is 3.71. The van der Waals surface area contributed by atoms with Crippen LogP contribution in [0.5, 0.6) is 5.75 Å². The molecule has 1 fully saturated rings. The Kier molecular flexibility index (Phi) is 11.2. The van der Waals surface area contributed by atoms with Gasteiger partial charge in [0.1, 0.15) is 5.75 Å². The lowest BCUT2D eigenvalue weighted by Crippen LogP contribution is -2.44. The number of nitrogens with one attached hydrogen (secondary N) is 2. The number of benzene rings is 2. The highest BCUT2D eigenvalue weighted by molar-refractivity contribution is 6.74. The first-order valence-corrected chi connectivity index (χ1v) is 17.5. The first-order valence-electron chi connectivity index (χ1n) is 14.6. The van der Waals surface area contributed by atoms with E-state index in [1.165, 1.54) is 24.8 Å². The summed E-state index contributed by atoms with van der Waals surface area (Å²) in [6, 6.07) is 14.3. The van der Waals surface area contributed by atoms with Crippen LogP contribution in [0.4, 0.5) is 0 Å². The molecule has 0 bridgehead atoms. The summed E-state index contributed by atoms with van der Waals surface area (Å²) in [7, 11) is -2.08. The first-order chi connectivity index (χ1) is 18.4. The third-order valence-corrected chi connectivity index (χ3v) is 12.9. The molecule has 0 radical (unpaired) electrons. The smallest absolute Gasteiger partial charge is 0.224 e. The van der Waals surface area contributed by atoms with Gasteiger partial charge in [-0.05, 0) is 73.1 Å². The summed E-state index contributed by atoms with van der Waals surface area (Å²) < 4.78 is 6.82. The van der Waals surface area contributed by atoms with Crippen molar-refractivity contribution in [3.63, 3.8) is 0 Å². The average Bonchev–Trinajstić information content (AvgIpc) is 2.87. The zero-order valence-corrected chi connectivity index (χ0v) is 25.8. The van der Waals surface area contributed by atoms with Crippen molar-refractivity contribution in [1.29, 1.82) is 0 Å². The lowest BCUT2D eigenvalue weighted by Gasteiger charge is -2.40. The molecule has 0 aromatic heterocycles. The van der Waals surface area contributed by atoms with Crippen molar-refractivity contribution >= 4 is 14.2 Å². The normalized spacial score (nSPS) is 16.6. The fourth-order valence-electron chi connectivity index (χ4n) is 5.00. The monoisotopic (exact) mass is 554 g/mol. The molecule has 6 nitrogen and oxygen atoms in total. The number of carbonyl (C=O) groups is 1. The van der Waals surface area contributed by atoms with Crippen molar-refractivity contribution in [1.82, 2.24) is 10.6 Å². The largest absolute Gasteiger partial charge is 0.508 e. The van der Waals surface area contributed by atoms with Crippen LogP contribution in [-0.4, -0.2) is 43.1 Å². The van der Waals surface area contributed by atoms with E-state index >= 15 is 0 Å². The Hall–Kier alpha value is -2.19. The average molecular weight is 555 g/mol. The summed E-state index contributed by atoms with van der Waals surface area (Å²) >= 11 is 0. The molecule has 1 amide bonds. The predicted molar refractivity (Wildman–Crippen MR) is 161 cm³/mol. The summed E-state index contributed by atoms with van der Waals surface area (Å²) in [5.74, 6) is 0.216. The molecule has 2 atom stereocenters. The van der Waals surface area contributed by atoms with Gasteiger partial charge < -0.3 is 25.3 Å². The van der Waals surface area contributed by atoms with Crippen LogP contribution in [0, 0.1) is 0 Å². The van der Waals surface area contributed by atoms with Gasteiger partial charge in [-0.2, -0.15) is 0 Å². The van der Waals surface area contributed by atoms with E-state index in [9.17, 15) is 15.0 Å². The lowest BCUT2D eigenvalue weighted by atomic mass is 9.95. The van der Waals surface area contributed by atoms with E-state index in [1.54, 1.807) is 6.07 Å². The number of carbonyl (C=O) groups excluding carboxylic acids is 1. The molecule has 7 heteroatoms. The van der Waals surface area contributed by atoms with Crippen LogP contribution in [0.25, 0.3) is 0 Å². The molecule has 216 valence electrons. The molecule has 4 N–H and O–H groups in total. The van der Waals surface area contributed by atoms with Crippen molar-refractivity contribution in [2.75, 3.05) is 6.54 Å². The second-order valence-electron chi connectivity index (χ2n) is 12.8. The van der Waals surface area contributed by atoms with E-state index in [0.29, 0.717) is 24.6 Å². The molecular weight excluding hydrogens is 504 g/mol. The van der Waals surface area contributed by atoms with E-state index in [2.05, 4.69) is 63.6 Å². The zero-order valence-electron chi connectivity index (χ0n) is 24.8. The molecule has 3 rings (SSSR count). The molecule has 1 aliphatic carbocycles. The van der Waals surface area contributed by atoms with E-state index in [-0.39, 0.29) is 35.4 Å². The Labute approximate surface area is 236 Å². The maximum Gasteiger partial charge on any atom is 0.224 e. The van der Waals surface area contributed by atoms with Crippen LogP contribution in [-0.2, 0) is 28.7 Å². The van der Waals surface area contributed by atoms with Crippen molar-refractivity contribution in [3.05, 3.63) is 64.7 Å². The molecule has 0 heterocycles. The van der Waals surface area contributed by atoms with E-state index < -0.39 is 8.32 Å². The lowest BCUT2D eigenvalue weighted by molar-refractivity contribution is -0.121. The van der Waals surface area contributed by atoms with Crippen molar-refractivity contribution in [2.45, 2.75) is 116 Å². The molecule has 0 unspecified atom stereocenters. The Morgan fingerprint density at radius 2 is 1.77 bits per heavy atom. The molecular formula is C32H50N2O4Si. The second kappa shape index (κ2) is 13.9. The van der Waals surface area contributed by atoms with Gasteiger partial charge in [0.05, 0.1) is 19.1 Å². The zero-order chi connectivity index (χ0) is 28.6. The van der Waals surface area contributed by atoms with Crippen LogP contribution in [0.15, 0.2) is 42.5 Å².